The standard InChI is InChI=1S/C20H30N2O4/c1-3-25-19-12-16(4-5-18(19)24)14-22-10-8-20(9-11-22)7-6-17(26-20)13-21-15(2)23/h4-5,12,17,24H,3,6-11,13-14H2,1-2H3,(H,21,23)/t17-/m0/s1. The summed E-state index contributed by atoms with van der Waals surface area (Å²) in [6, 6.07) is 5.59. The number of hydrogen-bond donors (Lipinski definition) is 2. The number of rotatable bonds is 6. The Bertz CT molecular complexity index is 626. The Balaban J connectivity index is 1.50. The van der Waals surface area contributed by atoms with Crippen molar-refractivity contribution in [2.24, 2.45) is 0 Å². The topological polar surface area (TPSA) is 71.0 Å². The molecule has 0 aromatic heterocycles. The molecule has 26 heavy (non-hydrogen) atoms. The highest BCUT2D eigenvalue weighted by atomic mass is 16.5. The van der Waals surface area contributed by atoms with Crippen molar-refractivity contribution in [2.45, 2.75) is 57.8 Å². The van der Waals surface area contributed by atoms with Crippen LogP contribution >= 0.6 is 0 Å². The number of ether oxygens (including phenoxy) is 2. The average molecular weight is 362 g/mol. The van der Waals surface area contributed by atoms with Gasteiger partial charge in [0.15, 0.2) is 11.5 Å². The largest absolute Gasteiger partial charge is 0.504 e. The summed E-state index contributed by atoms with van der Waals surface area (Å²) in [5.41, 5.74) is 1.14. The Morgan fingerprint density at radius 1 is 1.38 bits per heavy atom. The van der Waals surface area contributed by atoms with Gasteiger partial charge in [-0.05, 0) is 50.3 Å². The summed E-state index contributed by atoms with van der Waals surface area (Å²) in [6.07, 6.45) is 4.31. The highest BCUT2D eigenvalue weighted by molar-refractivity contribution is 5.72. The number of carbonyl (C=O) groups is 1. The third-order valence-electron chi connectivity index (χ3n) is 5.41. The van der Waals surface area contributed by atoms with Crippen LogP contribution in [-0.2, 0) is 16.1 Å². The minimum atomic E-state index is -0.00886. The first kappa shape index (κ1) is 19.0. The Labute approximate surface area is 155 Å². The molecular formula is C20H30N2O4. The molecule has 0 aliphatic carbocycles. The fourth-order valence-electron chi connectivity index (χ4n) is 3.97. The SMILES string of the molecule is CCOc1cc(CN2CCC3(CC[C@@H](CNC(C)=O)O3)CC2)ccc1O. The number of phenolic OH excluding ortho intramolecular Hbond substituents is 1. The highest BCUT2D eigenvalue weighted by Crippen LogP contribution is 2.39. The Hall–Kier alpha value is -1.79. The van der Waals surface area contributed by atoms with Crippen molar-refractivity contribution >= 4 is 5.91 Å². The molecule has 2 aliphatic rings. The fraction of sp³-hybridized carbons (Fsp3) is 0.650. The van der Waals surface area contributed by atoms with Gasteiger partial charge in [0.2, 0.25) is 5.91 Å². The molecule has 3 rings (SSSR count). The lowest BCUT2D eigenvalue weighted by Crippen LogP contribution is -2.44. The van der Waals surface area contributed by atoms with Crippen molar-refractivity contribution in [2.75, 3.05) is 26.2 Å². The Morgan fingerprint density at radius 3 is 2.85 bits per heavy atom. The van der Waals surface area contributed by atoms with E-state index in [0.717, 1.165) is 50.9 Å². The second kappa shape index (κ2) is 8.27. The van der Waals surface area contributed by atoms with Crippen LogP contribution in [0.5, 0.6) is 11.5 Å². The van der Waals surface area contributed by atoms with Crippen LogP contribution in [0.25, 0.3) is 0 Å². The molecule has 2 aliphatic heterocycles. The van der Waals surface area contributed by atoms with Gasteiger partial charge in [-0.25, -0.2) is 0 Å². The van der Waals surface area contributed by atoms with Gasteiger partial charge in [-0.1, -0.05) is 6.07 Å². The summed E-state index contributed by atoms with van der Waals surface area (Å²) in [4.78, 5) is 13.5. The van der Waals surface area contributed by atoms with E-state index in [9.17, 15) is 9.90 Å². The smallest absolute Gasteiger partial charge is 0.216 e. The molecule has 144 valence electrons. The second-order valence-corrected chi connectivity index (χ2v) is 7.41. The molecule has 6 nitrogen and oxygen atoms in total. The van der Waals surface area contributed by atoms with Gasteiger partial charge in [-0.2, -0.15) is 0 Å². The van der Waals surface area contributed by atoms with Crippen LogP contribution in [0.3, 0.4) is 0 Å². The van der Waals surface area contributed by atoms with E-state index in [2.05, 4.69) is 10.2 Å². The first-order chi connectivity index (χ1) is 12.5. The van der Waals surface area contributed by atoms with Gasteiger partial charge in [0.25, 0.3) is 0 Å². The number of aromatic hydroxyl groups is 1. The summed E-state index contributed by atoms with van der Waals surface area (Å²) >= 11 is 0. The van der Waals surface area contributed by atoms with Crippen LogP contribution in [-0.4, -0.2) is 53.9 Å². The van der Waals surface area contributed by atoms with Crippen LogP contribution in [0.1, 0.15) is 45.1 Å². The van der Waals surface area contributed by atoms with E-state index in [0.29, 0.717) is 18.9 Å². The molecule has 0 saturated carbocycles. The van der Waals surface area contributed by atoms with E-state index in [4.69, 9.17) is 9.47 Å². The van der Waals surface area contributed by atoms with Gasteiger partial charge < -0.3 is 19.9 Å². The van der Waals surface area contributed by atoms with E-state index in [-0.39, 0.29) is 23.4 Å². The zero-order valence-corrected chi connectivity index (χ0v) is 15.8. The van der Waals surface area contributed by atoms with E-state index in [1.54, 1.807) is 13.0 Å². The predicted octanol–water partition coefficient (Wildman–Crippen LogP) is 2.44. The minimum Gasteiger partial charge on any atom is -0.504 e. The number of piperidine rings is 1. The molecule has 1 amide bonds. The van der Waals surface area contributed by atoms with Crippen molar-refractivity contribution in [1.29, 1.82) is 0 Å². The first-order valence-electron chi connectivity index (χ1n) is 9.59. The summed E-state index contributed by atoms with van der Waals surface area (Å²) in [6.45, 7) is 7.47. The van der Waals surface area contributed by atoms with Crippen molar-refractivity contribution in [3.8, 4) is 11.5 Å². The van der Waals surface area contributed by atoms with E-state index in [1.807, 2.05) is 19.1 Å². The molecule has 0 bridgehead atoms. The number of amides is 1. The van der Waals surface area contributed by atoms with Crippen LogP contribution in [0.4, 0.5) is 0 Å². The number of carbonyl (C=O) groups excluding carboxylic acids is 1. The molecule has 1 atom stereocenters. The fourth-order valence-corrected chi connectivity index (χ4v) is 3.97. The summed E-state index contributed by atoms with van der Waals surface area (Å²) in [5.74, 6) is 0.751. The molecule has 6 heteroatoms. The third kappa shape index (κ3) is 4.68. The molecule has 0 radical (unpaired) electrons. The number of nitrogens with one attached hydrogen (secondary N) is 1. The lowest BCUT2D eigenvalue weighted by Gasteiger charge is -2.39. The highest BCUT2D eigenvalue weighted by Gasteiger charge is 2.42. The Kier molecular flexibility index (Phi) is 6.04. The lowest BCUT2D eigenvalue weighted by molar-refractivity contribution is -0.120. The van der Waals surface area contributed by atoms with E-state index < -0.39 is 0 Å². The second-order valence-electron chi connectivity index (χ2n) is 7.41. The van der Waals surface area contributed by atoms with Gasteiger partial charge in [-0.3, -0.25) is 9.69 Å². The lowest BCUT2D eigenvalue weighted by atomic mass is 9.88. The molecule has 2 fully saturated rings. The third-order valence-corrected chi connectivity index (χ3v) is 5.41. The molecule has 2 N–H and O–H groups in total. The summed E-state index contributed by atoms with van der Waals surface area (Å²) < 4.78 is 11.8. The Morgan fingerprint density at radius 2 is 2.15 bits per heavy atom. The minimum absolute atomic E-state index is 0.00434. The number of phenols is 1. The van der Waals surface area contributed by atoms with Gasteiger partial charge in [0.1, 0.15) is 0 Å². The normalized spacial score (nSPS) is 22.5. The summed E-state index contributed by atoms with van der Waals surface area (Å²) in [5, 5.41) is 12.7. The van der Waals surface area contributed by atoms with Crippen molar-refractivity contribution in [3.05, 3.63) is 23.8 Å². The maximum Gasteiger partial charge on any atom is 0.216 e. The van der Waals surface area contributed by atoms with Gasteiger partial charge in [-0.15, -0.1) is 0 Å². The molecular weight excluding hydrogens is 332 g/mol. The molecule has 2 heterocycles. The van der Waals surface area contributed by atoms with Crippen LogP contribution in [0.2, 0.25) is 0 Å². The van der Waals surface area contributed by atoms with Crippen LogP contribution in [0.15, 0.2) is 18.2 Å². The number of benzene rings is 1. The van der Waals surface area contributed by atoms with Gasteiger partial charge >= 0.3 is 0 Å². The zero-order valence-electron chi connectivity index (χ0n) is 15.8. The monoisotopic (exact) mass is 362 g/mol. The van der Waals surface area contributed by atoms with Crippen molar-refractivity contribution in [1.82, 2.24) is 10.2 Å². The van der Waals surface area contributed by atoms with Crippen LogP contribution in [0, 0.1) is 0 Å². The van der Waals surface area contributed by atoms with E-state index in [1.165, 1.54) is 0 Å². The van der Waals surface area contributed by atoms with Gasteiger partial charge in [0, 0.05) is 33.1 Å². The molecule has 1 aromatic rings. The number of nitrogens with zero attached hydrogens (tertiary/aromatic N) is 1. The zero-order chi connectivity index (χ0) is 18.6. The maximum atomic E-state index is 11.1. The number of hydrogen-bond acceptors (Lipinski definition) is 5. The van der Waals surface area contributed by atoms with Gasteiger partial charge in [0.05, 0.1) is 18.3 Å². The molecule has 2 saturated heterocycles. The van der Waals surface area contributed by atoms with Crippen molar-refractivity contribution < 1.29 is 19.4 Å². The first-order valence-corrected chi connectivity index (χ1v) is 9.59. The maximum absolute atomic E-state index is 11.1. The summed E-state index contributed by atoms with van der Waals surface area (Å²) in [7, 11) is 0. The average Bonchev–Trinajstić information content (AvgIpc) is 3.01. The molecule has 1 spiro atoms. The number of likely N-dealkylation sites (tertiary alicyclic amines) is 1. The van der Waals surface area contributed by atoms with Crippen LogP contribution < -0.4 is 10.1 Å². The predicted molar refractivity (Wildman–Crippen MR) is 99.3 cm³/mol. The van der Waals surface area contributed by atoms with Crippen molar-refractivity contribution in [3.63, 3.8) is 0 Å². The van der Waals surface area contributed by atoms with E-state index >= 15 is 0 Å². The quantitative estimate of drug-likeness (QED) is 0.813. The molecule has 1 aromatic carbocycles. The molecule has 0 unspecified atom stereocenters.